The monoisotopic (exact) mass is 237 g/mol. The lowest BCUT2D eigenvalue weighted by atomic mass is 10.1. The van der Waals surface area contributed by atoms with Crippen LogP contribution < -0.4 is 9.64 Å². The quantitative estimate of drug-likeness (QED) is 0.863. The highest BCUT2D eigenvalue weighted by Gasteiger charge is 2.30. The van der Waals surface area contributed by atoms with Gasteiger partial charge in [-0.1, -0.05) is 6.07 Å². The number of aliphatic hydroxyl groups is 1. The zero-order valence-corrected chi connectivity index (χ0v) is 9.63. The Bertz CT molecular complexity index is 407. The number of benzene rings is 1. The van der Waals surface area contributed by atoms with Crippen LogP contribution in [0.3, 0.4) is 0 Å². The summed E-state index contributed by atoms with van der Waals surface area (Å²) >= 11 is 0. The molecule has 1 atom stereocenters. The van der Waals surface area contributed by atoms with Crippen molar-refractivity contribution in [3.63, 3.8) is 0 Å². The van der Waals surface area contributed by atoms with Crippen molar-refractivity contribution in [2.75, 3.05) is 25.2 Å². The van der Waals surface area contributed by atoms with Gasteiger partial charge in [-0.3, -0.25) is 4.90 Å². The van der Waals surface area contributed by atoms with Gasteiger partial charge in [0.1, 0.15) is 5.75 Å². The molecule has 2 rings (SSSR count). The Morgan fingerprint density at radius 1 is 1.59 bits per heavy atom. The van der Waals surface area contributed by atoms with Crippen molar-refractivity contribution >= 4 is 11.8 Å². The minimum absolute atomic E-state index is 0.0771. The Morgan fingerprint density at radius 3 is 3.12 bits per heavy atom. The summed E-state index contributed by atoms with van der Waals surface area (Å²) in [4.78, 5) is 13.2. The summed E-state index contributed by atoms with van der Waals surface area (Å²) in [7, 11) is 1.57. The first-order valence-corrected chi connectivity index (χ1v) is 5.47. The van der Waals surface area contributed by atoms with Crippen LogP contribution in [-0.2, 0) is 4.74 Å². The molecule has 92 valence electrons. The summed E-state index contributed by atoms with van der Waals surface area (Å²) in [6.07, 6.45) is 0.197. The molecule has 17 heavy (non-hydrogen) atoms. The number of carbonyl (C=O) groups is 1. The zero-order chi connectivity index (χ0) is 12.3. The first kappa shape index (κ1) is 11.7. The summed E-state index contributed by atoms with van der Waals surface area (Å²) in [6, 6.07) is 6.90. The average molecular weight is 237 g/mol. The standard InChI is InChI=1S/C12H15NO4/c1-16-11-4-2-3-9(7-11)13-10(8-14)5-6-17-12(13)15/h2-4,7,10,14H,5-6,8H2,1H3/t10-/m0/s1. The molecular formula is C12H15NO4. The highest BCUT2D eigenvalue weighted by atomic mass is 16.6. The second-order valence-corrected chi connectivity index (χ2v) is 3.81. The number of methoxy groups -OCH3 is 1. The molecule has 1 saturated heterocycles. The second kappa shape index (κ2) is 5.05. The number of carbonyl (C=O) groups excluding carboxylic acids is 1. The van der Waals surface area contributed by atoms with E-state index in [1.165, 1.54) is 4.90 Å². The van der Waals surface area contributed by atoms with Gasteiger partial charge in [0.25, 0.3) is 0 Å². The van der Waals surface area contributed by atoms with E-state index in [1.54, 1.807) is 31.4 Å². The van der Waals surface area contributed by atoms with Crippen molar-refractivity contribution in [1.82, 2.24) is 0 Å². The van der Waals surface area contributed by atoms with Crippen LogP contribution in [0.5, 0.6) is 5.75 Å². The number of cyclic esters (lactones) is 1. The lowest BCUT2D eigenvalue weighted by Gasteiger charge is -2.33. The second-order valence-electron chi connectivity index (χ2n) is 3.81. The Balaban J connectivity index is 2.30. The lowest BCUT2D eigenvalue weighted by Crippen LogP contribution is -2.47. The number of rotatable bonds is 3. The van der Waals surface area contributed by atoms with E-state index in [-0.39, 0.29) is 12.6 Å². The Kier molecular flexibility index (Phi) is 3.49. The third-order valence-electron chi connectivity index (χ3n) is 2.78. The minimum Gasteiger partial charge on any atom is -0.497 e. The maximum absolute atomic E-state index is 11.7. The van der Waals surface area contributed by atoms with Crippen LogP contribution in [-0.4, -0.2) is 37.6 Å². The Hall–Kier alpha value is -1.75. The SMILES string of the molecule is COc1cccc(N2C(=O)OCC[C@H]2CO)c1. The highest BCUT2D eigenvalue weighted by Crippen LogP contribution is 2.26. The number of aliphatic hydroxyl groups excluding tert-OH is 1. The van der Waals surface area contributed by atoms with Gasteiger partial charge in [-0.15, -0.1) is 0 Å². The molecule has 1 heterocycles. The molecule has 0 unspecified atom stereocenters. The molecule has 1 aliphatic rings. The third-order valence-corrected chi connectivity index (χ3v) is 2.78. The van der Waals surface area contributed by atoms with Crippen molar-refractivity contribution in [2.45, 2.75) is 12.5 Å². The van der Waals surface area contributed by atoms with Gasteiger partial charge in [0.2, 0.25) is 0 Å². The van der Waals surface area contributed by atoms with Crippen molar-refractivity contribution in [3.8, 4) is 5.75 Å². The summed E-state index contributed by atoms with van der Waals surface area (Å²) in [5.74, 6) is 0.664. The molecule has 0 aromatic heterocycles. The molecule has 1 aromatic rings. The molecule has 0 bridgehead atoms. The van der Waals surface area contributed by atoms with Crippen molar-refractivity contribution in [1.29, 1.82) is 0 Å². The van der Waals surface area contributed by atoms with Gasteiger partial charge < -0.3 is 14.6 Å². The van der Waals surface area contributed by atoms with E-state index in [9.17, 15) is 9.90 Å². The van der Waals surface area contributed by atoms with Crippen LogP contribution in [0.4, 0.5) is 10.5 Å². The van der Waals surface area contributed by atoms with E-state index >= 15 is 0 Å². The van der Waals surface area contributed by atoms with Crippen molar-refractivity contribution in [3.05, 3.63) is 24.3 Å². The largest absolute Gasteiger partial charge is 0.497 e. The van der Waals surface area contributed by atoms with Crippen LogP contribution in [0.25, 0.3) is 0 Å². The summed E-state index contributed by atoms with van der Waals surface area (Å²) in [5.41, 5.74) is 0.674. The molecule has 5 heteroatoms. The zero-order valence-electron chi connectivity index (χ0n) is 9.63. The van der Waals surface area contributed by atoms with E-state index in [2.05, 4.69) is 0 Å². The molecule has 1 aromatic carbocycles. The van der Waals surface area contributed by atoms with Crippen molar-refractivity contribution < 1.29 is 19.4 Å². The van der Waals surface area contributed by atoms with Crippen LogP contribution in [0, 0.1) is 0 Å². The molecule has 0 spiro atoms. The highest BCUT2D eigenvalue weighted by molar-refractivity contribution is 5.89. The van der Waals surface area contributed by atoms with Crippen LogP contribution >= 0.6 is 0 Å². The molecule has 5 nitrogen and oxygen atoms in total. The molecule has 1 amide bonds. The predicted molar refractivity (Wildman–Crippen MR) is 62.3 cm³/mol. The van der Waals surface area contributed by atoms with Gasteiger partial charge in [-0.2, -0.15) is 0 Å². The van der Waals surface area contributed by atoms with Gasteiger partial charge in [0.05, 0.1) is 32.1 Å². The first-order valence-electron chi connectivity index (χ1n) is 5.47. The fourth-order valence-electron chi connectivity index (χ4n) is 1.88. The van der Waals surface area contributed by atoms with Crippen LogP contribution in [0.2, 0.25) is 0 Å². The van der Waals surface area contributed by atoms with Gasteiger partial charge in [0.15, 0.2) is 0 Å². The maximum atomic E-state index is 11.7. The fourth-order valence-corrected chi connectivity index (χ4v) is 1.88. The molecule has 1 aliphatic heterocycles. The number of ether oxygens (including phenoxy) is 2. The average Bonchev–Trinajstić information content (AvgIpc) is 2.38. The molecule has 1 fully saturated rings. The van der Waals surface area contributed by atoms with Crippen molar-refractivity contribution in [2.24, 2.45) is 0 Å². The number of amides is 1. The Morgan fingerprint density at radius 2 is 2.41 bits per heavy atom. The van der Waals surface area contributed by atoms with E-state index in [0.717, 1.165) is 0 Å². The first-order chi connectivity index (χ1) is 8.26. The number of nitrogens with zero attached hydrogens (tertiary/aromatic N) is 1. The number of hydrogen-bond acceptors (Lipinski definition) is 4. The molecular weight excluding hydrogens is 222 g/mol. The van der Waals surface area contributed by atoms with E-state index in [4.69, 9.17) is 9.47 Å². The Labute approximate surface area is 99.6 Å². The molecule has 1 N–H and O–H groups in total. The maximum Gasteiger partial charge on any atom is 0.414 e. The van der Waals surface area contributed by atoms with Gasteiger partial charge >= 0.3 is 6.09 Å². The summed E-state index contributed by atoms with van der Waals surface area (Å²) < 4.78 is 10.1. The van der Waals surface area contributed by atoms with Gasteiger partial charge in [0, 0.05) is 12.5 Å². The van der Waals surface area contributed by atoms with E-state index in [1.807, 2.05) is 0 Å². The van der Waals surface area contributed by atoms with Crippen LogP contribution in [0.15, 0.2) is 24.3 Å². The molecule has 0 saturated carbocycles. The normalized spacial score (nSPS) is 20.0. The summed E-state index contributed by atoms with van der Waals surface area (Å²) in [5, 5.41) is 9.29. The van der Waals surface area contributed by atoms with Gasteiger partial charge in [-0.05, 0) is 12.1 Å². The minimum atomic E-state index is -0.427. The van der Waals surface area contributed by atoms with Gasteiger partial charge in [-0.25, -0.2) is 4.79 Å². The number of hydrogen-bond donors (Lipinski definition) is 1. The smallest absolute Gasteiger partial charge is 0.414 e. The fraction of sp³-hybridized carbons (Fsp3) is 0.417. The van der Waals surface area contributed by atoms with Crippen LogP contribution in [0.1, 0.15) is 6.42 Å². The predicted octanol–water partition coefficient (Wildman–Crippen LogP) is 1.40. The van der Waals surface area contributed by atoms with E-state index in [0.29, 0.717) is 24.5 Å². The third kappa shape index (κ3) is 2.34. The number of anilines is 1. The molecule has 0 aliphatic carbocycles. The van der Waals surface area contributed by atoms with E-state index < -0.39 is 6.09 Å². The molecule has 0 radical (unpaired) electrons. The topological polar surface area (TPSA) is 59.0 Å². The lowest BCUT2D eigenvalue weighted by molar-refractivity contribution is 0.116. The summed E-state index contributed by atoms with van der Waals surface area (Å²) in [6.45, 7) is 0.275.